The standard InChI is InChI=1S/C10H17N/c1-7(2)10-6-5-8(3)9(4)11-10/h7H,5-6H2,1-4H3. The van der Waals surface area contributed by atoms with Crippen molar-refractivity contribution in [3.8, 4) is 0 Å². The van der Waals surface area contributed by atoms with E-state index < -0.39 is 0 Å². The van der Waals surface area contributed by atoms with Crippen molar-refractivity contribution in [1.82, 2.24) is 0 Å². The summed E-state index contributed by atoms with van der Waals surface area (Å²) in [5.41, 5.74) is 4.06. The highest BCUT2D eigenvalue weighted by molar-refractivity contribution is 5.88. The Bertz CT molecular complexity index is 209. The lowest BCUT2D eigenvalue weighted by atomic mass is 9.97. The highest BCUT2D eigenvalue weighted by Gasteiger charge is 2.11. The van der Waals surface area contributed by atoms with Gasteiger partial charge in [0.25, 0.3) is 0 Å². The third-order valence-electron chi connectivity index (χ3n) is 2.35. The smallest absolute Gasteiger partial charge is 0.0361 e. The maximum atomic E-state index is 4.56. The molecule has 62 valence electrons. The summed E-state index contributed by atoms with van der Waals surface area (Å²) in [6.45, 7) is 8.71. The molecule has 1 aliphatic heterocycles. The minimum absolute atomic E-state index is 0.623. The average molecular weight is 151 g/mol. The summed E-state index contributed by atoms with van der Waals surface area (Å²) in [5, 5.41) is 0. The molecule has 0 saturated carbocycles. The molecule has 0 aromatic rings. The fourth-order valence-electron chi connectivity index (χ4n) is 1.28. The van der Waals surface area contributed by atoms with Gasteiger partial charge in [0.15, 0.2) is 0 Å². The van der Waals surface area contributed by atoms with Crippen molar-refractivity contribution in [2.75, 3.05) is 0 Å². The van der Waals surface area contributed by atoms with Crippen LogP contribution in [-0.4, -0.2) is 5.71 Å². The van der Waals surface area contributed by atoms with Gasteiger partial charge in [-0.3, -0.25) is 4.99 Å². The summed E-state index contributed by atoms with van der Waals surface area (Å²) in [5.74, 6) is 0.623. The fraction of sp³-hybridized carbons (Fsp3) is 0.700. The summed E-state index contributed by atoms with van der Waals surface area (Å²) in [6.07, 6.45) is 2.38. The van der Waals surface area contributed by atoms with Gasteiger partial charge in [-0.25, -0.2) is 0 Å². The SMILES string of the molecule is CC1=C(C)N=C(C(C)C)CC1. The van der Waals surface area contributed by atoms with E-state index >= 15 is 0 Å². The molecule has 0 amide bonds. The first-order valence-corrected chi connectivity index (χ1v) is 4.35. The normalized spacial score (nSPS) is 19.2. The average Bonchev–Trinajstić information content (AvgIpc) is 1.94. The second kappa shape index (κ2) is 3.21. The Morgan fingerprint density at radius 1 is 1.18 bits per heavy atom. The molecule has 0 atom stereocenters. The Labute approximate surface area is 69.2 Å². The van der Waals surface area contributed by atoms with E-state index in [0.717, 1.165) is 0 Å². The van der Waals surface area contributed by atoms with E-state index in [2.05, 4.69) is 32.7 Å². The molecule has 0 unspecified atom stereocenters. The molecular weight excluding hydrogens is 134 g/mol. The number of hydrogen-bond donors (Lipinski definition) is 0. The summed E-state index contributed by atoms with van der Waals surface area (Å²) in [6, 6.07) is 0. The fourth-order valence-corrected chi connectivity index (χ4v) is 1.28. The molecule has 0 aliphatic carbocycles. The second-order valence-electron chi connectivity index (χ2n) is 3.62. The molecule has 0 fully saturated rings. The predicted octanol–water partition coefficient (Wildman–Crippen LogP) is 3.17. The molecule has 11 heavy (non-hydrogen) atoms. The van der Waals surface area contributed by atoms with Crippen LogP contribution in [0.4, 0.5) is 0 Å². The van der Waals surface area contributed by atoms with Crippen molar-refractivity contribution in [1.29, 1.82) is 0 Å². The number of hydrogen-bond acceptors (Lipinski definition) is 1. The minimum atomic E-state index is 0.623. The van der Waals surface area contributed by atoms with E-state index in [1.807, 2.05) is 0 Å². The maximum Gasteiger partial charge on any atom is 0.0361 e. The first-order valence-electron chi connectivity index (χ1n) is 4.35. The topological polar surface area (TPSA) is 12.4 Å². The maximum absolute atomic E-state index is 4.56. The Hall–Kier alpha value is -0.590. The quantitative estimate of drug-likeness (QED) is 0.546. The molecule has 1 rings (SSSR count). The van der Waals surface area contributed by atoms with Crippen molar-refractivity contribution >= 4 is 5.71 Å². The summed E-state index contributed by atoms with van der Waals surface area (Å²) < 4.78 is 0. The van der Waals surface area contributed by atoms with Crippen LogP contribution in [0.5, 0.6) is 0 Å². The van der Waals surface area contributed by atoms with Crippen molar-refractivity contribution < 1.29 is 0 Å². The van der Waals surface area contributed by atoms with Crippen LogP contribution < -0.4 is 0 Å². The Balaban J connectivity index is 2.81. The van der Waals surface area contributed by atoms with Gasteiger partial charge in [0, 0.05) is 11.4 Å². The number of nitrogens with zero attached hydrogens (tertiary/aromatic N) is 1. The van der Waals surface area contributed by atoms with Crippen molar-refractivity contribution in [2.24, 2.45) is 10.9 Å². The molecule has 0 spiro atoms. The summed E-state index contributed by atoms with van der Waals surface area (Å²) >= 11 is 0. The molecule has 1 heterocycles. The zero-order valence-electron chi connectivity index (χ0n) is 7.94. The monoisotopic (exact) mass is 151 g/mol. The molecule has 0 bridgehead atoms. The van der Waals surface area contributed by atoms with E-state index in [-0.39, 0.29) is 0 Å². The number of aliphatic imine (C=N–C) groups is 1. The van der Waals surface area contributed by atoms with Crippen LogP contribution in [-0.2, 0) is 0 Å². The Morgan fingerprint density at radius 2 is 1.82 bits per heavy atom. The van der Waals surface area contributed by atoms with Gasteiger partial charge in [0.05, 0.1) is 0 Å². The van der Waals surface area contributed by atoms with Gasteiger partial charge < -0.3 is 0 Å². The van der Waals surface area contributed by atoms with Gasteiger partial charge in [-0.2, -0.15) is 0 Å². The third kappa shape index (κ3) is 1.92. The van der Waals surface area contributed by atoms with Gasteiger partial charge in [-0.1, -0.05) is 19.4 Å². The lowest BCUT2D eigenvalue weighted by molar-refractivity contribution is 0.808. The molecule has 1 nitrogen and oxygen atoms in total. The van der Waals surface area contributed by atoms with Crippen LogP contribution >= 0.6 is 0 Å². The molecule has 0 aromatic heterocycles. The lowest BCUT2D eigenvalue weighted by Crippen LogP contribution is -2.11. The molecule has 0 N–H and O–H groups in total. The Morgan fingerprint density at radius 3 is 2.27 bits per heavy atom. The molecular formula is C10H17N. The second-order valence-corrected chi connectivity index (χ2v) is 3.62. The van der Waals surface area contributed by atoms with Crippen LogP contribution in [0.25, 0.3) is 0 Å². The van der Waals surface area contributed by atoms with Crippen LogP contribution in [0.1, 0.15) is 40.5 Å². The first-order chi connectivity index (χ1) is 5.11. The van der Waals surface area contributed by atoms with E-state index in [1.165, 1.54) is 29.8 Å². The van der Waals surface area contributed by atoms with Gasteiger partial charge in [0.2, 0.25) is 0 Å². The zero-order chi connectivity index (χ0) is 8.43. The van der Waals surface area contributed by atoms with Crippen LogP contribution in [0, 0.1) is 5.92 Å². The molecule has 1 heteroatoms. The number of rotatable bonds is 1. The Kier molecular flexibility index (Phi) is 2.48. The third-order valence-corrected chi connectivity index (χ3v) is 2.35. The highest BCUT2D eigenvalue weighted by Crippen LogP contribution is 2.21. The zero-order valence-corrected chi connectivity index (χ0v) is 7.94. The van der Waals surface area contributed by atoms with Crippen LogP contribution in [0.15, 0.2) is 16.3 Å². The largest absolute Gasteiger partial charge is 0.262 e. The van der Waals surface area contributed by atoms with E-state index in [9.17, 15) is 0 Å². The number of allylic oxidation sites excluding steroid dienone is 2. The van der Waals surface area contributed by atoms with E-state index in [1.54, 1.807) is 0 Å². The van der Waals surface area contributed by atoms with Crippen LogP contribution in [0.2, 0.25) is 0 Å². The van der Waals surface area contributed by atoms with Crippen molar-refractivity contribution in [3.05, 3.63) is 11.3 Å². The van der Waals surface area contributed by atoms with Gasteiger partial charge >= 0.3 is 0 Å². The van der Waals surface area contributed by atoms with E-state index in [4.69, 9.17) is 0 Å². The van der Waals surface area contributed by atoms with Crippen LogP contribution in [0.3, 0.4) is 0 Å². The molecule has 1 aliphatic rings. The molecule has 0 radical (unpaired) electrons. The highest BCUT2D eigenvalue weighted by atomic mass is 14.8. The lowest BCUT2D eigenvalue weighted by Gasteiger charge is -2.16. The van der Waals surface area contributed by atoms with Crippen molar-refractivity contribution in [3.63, 3.8) is 0 Å². The summed E-state index contributed by atoms with van der Waals surface area (Å²) in [4.78, 5) is 4.56. The molecule has 0 aromatic carbocycles. The predicted molar refractivity (Wildman–Crippen MR) is 49.9 cm³/mol. The van der Waals surface area contributed by atoms with Crippen molar-refractivity contribution in [2.45, 2.75) is 40.5 Å². The van der Waals surface area contributed by atoms with Gasteiger partial charge in [0.1, 0.15) is 0 Å². The first kappa shape index (κ1) is 8.51. The summed E-state index contributed by atoms with van der Waals surface area (Å²) in [7, 11) is 0. The van der Waals surface area contributed by atoms with E-state index in [0.29, 0.717) is 5.92 Å². The van der Waals surface area contributed by atoms with Gasteiger partial charge in [-0.05, 0) is 32.6 Å². The molecule has 0 saturated heterocycles. The van der Waals surface area contributed by atoms with Gasteiger partial charge in [-0.15, -0.1) is 0 Å². The minimum Gasteiger partial charge on any atom is -0.262 e.